The molecule has 6 nitrogen and oxygen atoms in total. The van der Waals surface area contributed by atoms with Crippen molar-refractivity contribution in [3.63, 3.8) is 0 Å². The molecule has 0 saturated heterocycles. The van der Waals surface area contributed by atoms with Gasteiger partial charge in [-0.15, -0.1) is 0 Å². The van der Waals surface area contributed by atoms with Crippen LogP contribution in [0.2, 0.25) is 5.02 Å². The van der Waals surface area contributed by atoms with Gasteiger partial charge in [0.1, 0.15) is 11.5 Å². The number of halogens is 1. The molecule has 2 N–H and O–H groups in total. The zero-order valence-corrected chi connectivity index (χ0v) is 9.44. The molecule has 2 aromatic rings. The van der Waals surface area contributed by atoms with Gasteiger partial charge in [0.2, 0.25) is 0 Å². The predicted molar refractivity (Wildman–Crippen MR) is 64.0 cm³/mol. The molecular weight excluding hydrogens is 244 g/mol. The summed E-state index contributed by atoms with van der Waals surface area (Å²) in [4.78, 5) is 17.2. The molecule has 0 aliphatic carbocycles. The fraction of sp³-hybridized carbons (Fsp3) is 0.100. The van der Waals surface area contributed by atoms with Crippen LogP contribution in [-0.4, -0.2) is 14.9 Å². The van der Waals surface area contributed by atoms with E-state index in [1.54, 1.807) is 12.4 Å². The number of hydrogen-bond donors (Lipinski definition) is 2. The van der Waals surface area contributed by atoms with E-state index in [4.69, 9.17) is 11.6 Å². The van der Waals surface area contributed by atoms with Crippen LogP contribution in [0.4, 0.5) is 11.4 Å². The van der Waals surface area contributed by atoms with Gasteiger partial charge in [-0.3, -0.25) is 10.1 Å². The minimum Gasteiger partial charge on any atom is -0.372 e. The molecule has 2 rings (SSSR count). The summed E-state index contributed by atoms with van der Waals surface area (Å²) in [7, 11) is 0. The second-order valence-electron chi connectivity index (χ2n) is 3.31. The number of nitrogens with zero attached hydrogens (tertiary/aromatic N) is 2. The molecule has 0 radical (unpaired) electrons. The summed E-state index contributed by atoms with van der Waals surface area (Å²) in [5, 5.41) is 14.2. The van der Waals surface area contributed by atoms with Crippen molar-refractivity contribution >= 4 is 23.0 Å². The molecule has 0 fully saturated rings. The summed E-state index contributed by atoms with van der Waals surface area (Å²) >= 11 is 5.80. The van der Waals surface area contributed by atoms with Gasteiger partial charge < -0.3 is 10.3 Å². The first kappa shape index (κ1) is 11.4. The van der Waals surface area contributed by atoms with Crippen molar-refractivity contribution in [3.05, 3.63) is 51.6 Å². The molecule has 17 heavy (non-hydrogen) atoms. The van der Waals surface area contributed by atoms with E-state index in [2.05, 4.69) is 15.3 Å². The van der Waals surface area contributed by atoms with Crippen molar-refractivity contribution in [2.75, 3.05) is 5.32 Å². The van der Waals surface area contributed by atoms with Gasteiger partial charge in [0.05, 0.1) is 11.5 Å². The first-order valence-electron chi connectivity index (χ1n) is 4.83. The standard InChI is InChI=1S/C10H9ClN4O2/c11-7-1-2-9(15(16)17)8(5-7)14-6-10-12-3-4-13-10/h1-5,14H,6H2,(H,12,13). The van der Waals surface area contributed by atoms with E-state index in [-0.39, 0.29) is 5.69 Å². The van der Waals surface area contributed by atoms with Gasteiger partial charge in [-0.25, -0.2) is 4.98 Å². The van der Waals surface area contributed by atoms with Crippen LogP contribution in [0.5, 0.6) is 0 Å². The summed E-state index contributed by atoms with van der Waals surface area (Å²) < 4.78 is 0. The maximum absolute atomic E-state index is 10.8. The van der Waals surface area contributed by atoms with Gasteiger partial charge in [-0.2, -0.15) is 0 Å². The van der Waals surface area contributed by atoms with E-state index >= 15 is 0 Å². The molecule has 0 atom stereocenters. The number of nitro benzene ring substituents is 1. The maximum atomic E-state index is 10.8. The number of nitrogens with one attached hydrogen (secondary N) is 2. The van der Waals surface area contributed by atoms with Gasteiger partial charge in [-0.1, -0.05) is 11.6 Å². The molecule has 7 heteroatoms. The Morgan fingerprint density at radius 3 is 3.00 bits per heavy atom. The number of aromatic nitrogens is 2. The molecule has 1 aromatic carbocycles. The van der Waals surface area contributed by atoms with E-state index in [0.29, 0.717) is 23.1 Å². The smallest absolute Gasteiger partial charge is 0.292 e. The topological polar surface area (TPSA) is 83.8 Å². The lowest BCUT2D eigenvalue weighted by Gasteiger charge is -2.05. The van der Waals surface area contributed by atoms with E-state index in [0.717, 1.165) is 0 Å². The Morgan fingerprint density at radius 2 is 2.35 bits per heavy atom. The number of rotatable bonds is 4. The summed E-state index contributed by atoms with van der Waals surface area (Å²) in [5.74, 6) is 0.694. The second kappa shape index (κ2) is 4.84. The molecule has 0 aliphatic heterocycles. The Hall–Kier alpha value is -2.08. The Morgan fingerprint density at radius 1 is 1.53 bits per heavy atom. The fourth-order valence-corrected chi connectivity index (χ4v) is 1.55. The summed E-state index contributed by atoms with van der Waals surface area (Å²) in [6.45, 7) is 0.369. The third-order valence-corrected chi connectivity index (χ3v) is 2.39. The number of hydrogen-bond acceptors (Lipinski definition) is 4. The van der Waals surface area contributed by atoms with Crippen molar-refractivity contribution in [1.82, 2.24) is 9.97 Å². The van der Waals surface area contributed by atoms with Gasteiger partial charge >= 0.3 is 0 Å². The number of benzene rings is 1. The van der Waals surface area contributed by atoms with Crippen molar-refractivity contribution in [3.8, 4) is 0 Å². The summed E-state index contributed by atoms with van der Waals surface area (Å²) in [6.07, 6.45) is 3.30. The molecule has 0 spiro atoms. The normalized spacial score (nSPS) is 10.2. The van der Waals surface area contributed by atoms with Crippen LogP contribution in [0, 0.1) is 10.1 Å². The van der Waals surface area contributed by atoms with Gasteiger partial charge in [0, 0.05) is 23.5 Å². The lowest BCUT2D eigenvalue weighted by molar-refractivity contribution is -0.384. The van der Waals surface area contributed by atoms with E-state index in [1.165, 1.54) is 18.2 Å². The predicted octanol–water partition coefficient (Wildman–Crippen LogP) is 2.58. The Bertz CT molecular complexity index is 527. The largest absolute Gasteiger partial charge is 0.372 e. The van der Waals surface area contributed by atoms with Gasteiger partial charge in [-0.05, 0) is 12.1 Å². The van der Waals surface area contributed by atoms with Crippen LogP contribution in [0.1, 0.15) is 5.82 Å². The van der Waals surface area contributed by atoms with Gasteiger partial charge in [0.15, 0.2) is 0 Å². The molecule has 88 valence electrons. The SMILES string of the molecule is O=[N+]([O-])c1ccc(Cl)cc1NCc1ncc[nH]1. The molecule has 1 heterocycles. The molecule has 0 amide bonds. The number of nitro groups is 1. The average Bonchev–Trinajstić information content (AvgIpc) is 2.78. The van der Waals surface area contributed by atoms with Crippen molar-refractivity contribution < 1.29 is 4.92 Å². The Kier molecular flexibility index (Phi) is 3.24. The first-order chi connectivity index (χ1) is 8.16. The third kappa shape index (κ3) is 2.73. The van der Waals surface area contributed by atoms with Crippen LogP contribution in [0.25, 0.3) is 0 Å². The monoisotopic (exact) mass is 252 g/mol. The number of imidazole rings is 1. The van der Waals surface area contributed by atoms with Crippen molar-refractivity contribution in [2.45, 2.75) is 6.54 Å². The molecule has 1 aromatic heterocycles. The lowest BCUT2D eigenvalue weighted by atomic mass is 10.2. The highest BCUT2D eigenvalue weighted by Gasteiger charge is 2.13. The highest BCUT2D eigenvalue weighted by atomic mass is 35.5. The fourth-order valence-electron chi connectivity index (χ4n) is 1.38. The molecule has 0 saturated carbocycles. The van der Waals surface area contributed by atoms with E-state index < -0.39 is 4.92 Å². The number of anilines is 1. The quantitative estimate of drug-likeness (QED) is 0.647. The van der Waals surface area contributed by atoms with Crippen LogP contribution in [0.15, 0.2) is 30.6 Å². The lowest BCUT2D eigenvalue weighted by Crippen LogP contribution is -2.03. The van der Waals surface area contributed by atoms with Crippen LogP contribution >= 0.6 is 11.6 Å². The number of H-pyrrole nitrogens is 1. The first-order valence-corrected chi connectivity index (χ1v) is 5.20. The zero-order valence-electron chi connectivity index (χ0n) is 8.68. The van der Waals surface area contributed by atoms with Crippen LogP contribution < -0.4 is 5.32 Å². The highest BCUT2D eigenvalue weighted by Crippen LogP contribution is 2.27. The highest BCUT2D eigenvalue weighted by molar-refractivity contribution is 6.31. The van der Waals surface area contributed by atoms with Crippen molar-refractivity contribution in [2.24, 2.45) is 0 Å². The third-order valence-electron chi connectivity index (χ3n) is 2.16. The van der Waals surface area contributed by atoms with Gasteiger partial charge in [0.25, 0.3) is 5.69 Å². The van der Waals surface area contributed by atoms with Crippen LogP contribution in [0.3, 0.4) is 0 Å². The maximum Gasteiger partial charge on any atom is 0.292 e. The Labute approximate surface area is 102 Å². The van der Waals surface area contributed by atoms with E-state index in [1.807, 2.05) is 0 Å². The minimum absolute atomic E-state index is 0.0130. The Balaban J connectivity index is 2.19. The summed E-state index contributed by atoms with van der Waals surface area (Å²) in [5.41, 5.74) is 0.361. The van der Waals surface area contributed by atoms with Crippen LogP contribution in [-0.2, 0) is 6.54 Å². The van der Waals surface area contributed by atoms with E-state index in [9.17, 15) is 10.1 Å². The number of aromatic amines is 1. The molecular formula is C10H9ClN4O2. The zero-order chi connectivity index (χ0) is 12.3. The molecule has 0 bridgehead atoms. The van der Waals surface area contributed by atoms with Crippen molar-refractivity contribution in [1.29, 1.82) is 0 Å². The second-order valence-corrected chi connectivity index (χ2v) is 3.74. The minimum atomic E-state index is -0.458. The molecule has 0 aliphatic rings. The molecule has 0 unspecified atom stereocenters. The average molecular weight is 253 g/mol. The summed E-state index contributed by atoms with van der Waals surface area (Å²) in [6, 6.07) is 4.37.